The van der Waals surface area contributed by atoms with Crippen LogP contribution in [0.15, 0.2) is 0 Å². The molecule has 0 aromatic heterocycles. The summed E-state index contributed by atoms with van der Waals surface area (Å²) in [6.45, 7) is 9.01. The van der Waals surface area contributed by atoms with Gasteiger partial charge in [0.15, 0.2) is 7.37 Å². The van der Waals surface area contributed by atoms with E-state index in [1.54, 1.807) is 34.6 Å². The van der Waals surface area contributed by atoms with Crippen molar-refractivity contribution in [2.24, 2.45) is 0 Å². The van der Waals surface area contributed by atoms with Gasteiger partial charge in [0.2, 0.25) is 0 Å². The van der Waals surface area contributed by atoms with Crippen molar-refractivity contribution in [2.45, 2.75) is 34.6 Å². The Kier molecular flexibility index (Phi) is 52.5. The first-order valence-electron chi connectivity index (χ1n) is 7.06. The molecule has 0 aliphatic carbocycles. The Morgan fingerprint density at radius 3 is 0.852 bits per heavy atom. The van der Waals surface area contributed by atoms with E-state index in [0.29, 0.717) is 12.3 Å². The van der Waals surface area contributed by atoms with E-state index in [0.717, 1.165) is 0 Å². The molecular formula is C10H26Al2O11P4. The van der Waals surface area contributed by atoms with Gasteiger partial charge in [-0.05, 0) is 20.8 Å². The molecule has 0 aromatic rings. The van der Waals surface area contributed by atoms with Crippen LogP contribution >= 0.6 is 33.2 Å². The Morgan fingerprint density at radius 2 is 0.852 bits per heavy atom. The summed E-state index contributed by atoms with van der Waals surface area (Å²) in [4.78, 5) is 65.2. The van der Waals surface area contributed by atoms with Gasteiger partial charge in [0, 0.05) is 32.1 Å². The van der Waals surface area contributed by atoms with Crippen LogP contribution in [-0.4, -0.2) is 71.8 Å². The minimum atomic E-state index is -2.65. The van der Waals surface area contributed by atoms with Gasteiger partial charge in [-0.25, -0.2) is 0 Å². The van der Waals surface area contributed by atoms with E-state index in [2.05, 4.69) is 13.6 Å². The molecule has 1 N–H and O–H groups in total. The third-order valence-corrected chi connectivity index (χ3v) is 5.08. The maximum Gasteiger partial charge on any atom is 3.00 e. The molecule has 0 unspecified atom stereocenters. The third-order valence-electron chi connectivity index (χ3n) is 1.69. The van der Waals surface area contributed by atoms with Gasteiger partial charge in [0.25, 0.3) is 0 Å². The summed E-state index contributed by atoms with van der Waals surface area (Å²) < 4.78 is 22.5. The Labute approximate surface area is 186 Å². The summed E-state index contributed by atoms with van der Waals surface area (Å²) in [5.74, 6) is 0. The van der Waals surface area contributed by atoms with E-state index in [1.165, 1.54) is 0 Å². The van der Waals surface area contributed by atoms with Gasteiger partial charge in [0.1, 0.15) is 0 Å². The smallest absolute Gasteiger partial charge is 0.820 e. The van der Waals surface area contributed by atoms with Gasteiger partial charge in [0.05, 0.1) is 0 Å². The molecule has 0 aliphatic rings. The molecule has 27 heavy (non-hydrogen) atoms. The molecule has 0 atom stereocenters. The van der Waals surface area contributed by atoms with E-state index in [4.69, 9.17) is 4.89 Å². The summed E-state index contributed by atoms with van der Waals surface area (Å²) in [6, 6.07) is 0. The first kappa shape index (κ1) is 43.1. The summed E-state index contributed by atoms with van der Waals surface area (Å²) >= 11 is 0. The summed E-state index contributed by atoms with van der Waals surface area (Å²) in [6.07, 6.45) is 0.812. The summed E-state index contributed by atoms with van der Waals surface area (Å²) in [5, 5.41) is 0. The fourth-order valence-electron chi connectivity index (χ4n) is 0.540. The predicted molar refractivity (Wildman–Crippen MR) is 98.1 cm³/mol. The zero-order valence-corrected chi connectivity index (χ0v) is 21.9. The fourth-order valence-corrected chi connectivity index (χ4v) is 1.62. The second kappa shape index (κ2) is 32.8. The molecule has 0 spiro atoms. The Hall–Kier alpha value is 2.18. The molecule has 0 aromatic carbocycles. The van der Waals surface area contributed by atoms with Crippen LogP contribution in [0.4, 0.5) is 0 Å². The maximum absolute atomic E-state index is 10.5. The van der Waals surface area contributed by atoms with Crippen LogP contribution in [0, 0.1) is 0 Å². The molecule has 0 bridgehead atoms. The summed E-state index contributed by atoms with van der Waals surface area (Å²) in [5.41, 5.74) is 0. The molecule has 0 heterocycles. The molecule has 17 heteroatoms. The second-order valence-electron chi connectivity index (χ2n) is 3.40. The topological polar surface area (TPSA) is 203 Å². The van der Waals surface area contributed by atoms with Crippen LogP contribution in [0.1, 0.15) is 34.6 Å². The van der Waals surface area contributed by atoms with Gasteiger partial charge in [-0.15, -0.1) is 0 Å². The van der Waals surface area contributed by atoms with Gasteiger partial charge in [-0.2, -0.15) is 25.8 Å². The quantitative estimate of drug-likeness (QED) is 0.271. The van der Waals surface area contributed by atoms with Crippen molar-refractivity contribution in [3.8, 4) is 0 Å². The molecule has 0 aliphatic heterocycles. The van der Waals surface area contributed by atoms with Crippen LogP contribution in [-0.2, 0) is 18.1 Å². The van der Waals surface area contributed by atoms with Crippen LogP contribution in [0.2, 0.25) is 0 Å². The maximum atomic E-state index is 10.5. The van der Waals surface area contributed by atoms with Crippen molar-refractivity contribution in [3.63, 3.8) is 0 Å². The normalized spacial score (nSPS) is 9.74. The average Bonchev–Trinajstić information content (AvgIpc) is 2.48. The van der Waals surface area contributed by atoms with Crippen LogP contribution in [0.5, 0.6) is 0 Å². The Balaban J connectivity index is -0.0000000532. The van der Waals surface area contributed by atoms with Crippen molar-refractivity contribution in [3.05, 3.63) is 0 Å². The van der Waals surface area contributed by atoms with E-state index in [-0.39, 0.29) is 54.5 Å². The van der Waals surface area contributed by atoms with E-state index in [1.807, 2.05) is 0 Å². The zero-order chi connectivity index (χ0) is 20.9. The van der Waals surface area contributed by atoms with Crippen molar-refractivity contribution in [1.29, 1.82) is 0 Å². The monoisotopic (exact) mass is 500 g/mol. The van der Waals surface area contributed by atoms with Gasteiger partial charge in [-0.1, -0.05) is 13.8 Å². The average molecular weight is 500 g/mol. The predicted octanol–water partition coefficient (Wildman–Crippen LogP) is -2.55. The van der Waals surface area contributed by atoms with Crippen LogP contribution in [0.3, 0.4) is 0 Å². The van der Waals surface area contributed by atoms with Crippen molar-refractivity contribution in [1.82, 2.24) is 0 Å². The number of hydrogen-bond donors (Lipinski definition) is 1. The number of rotatable bonds is 8. The van der Waals surface area contributed by atoms with Gasteiger partial charge >= 0.3 is 34.7 Å². The first-order chi connectivity index (χ1) is 11.4. The third kappa shape index (κ3) is 65.4. The molecule has 0 saturated carbocycles. The van der Waals surface area contributed by atoms with Crippen molar-refractivity contribution >= 4 is 67.9 Å². The zero-order valence-electron chi connectivity index (χ0n) is 16.0. The Morgan fingerprint density at radius 1 is 0.667 bits per heavy atom. The van der Waals surface area contributed by atoms with Crippen molar-refractivity contribution in [2.75, 3.05) is 32.1 Å². The standard InChI is InChI=1S/C4H11O2P.3C2H5O3P.2Al/c1-3-7(5,6)4-2;3*1-2-5-6(3)4;;/h3-4H2,1-2H3,(H,5,6);3*2H2,1H3;;/q;3*-2;2*+3. The van der Waals surface area contributed by atoms with Crippen LogP contribution in [0.25, 0.3) is 0 Å². The molecule has 0 fully saturated rings. The van der Waals surface area contributed by atoms with E-state index in [9.17, 15) is 33.9 Å². The SMILES string of the molecule is CCOP([O-])[O-].CCOP([O-])[O-].CCOP([O-])[O-].CCP(=O)(O)CC.[Al+3].[Al+3]. The molecule has 0 radical (unpaired) electrons. The number of hydrogen-bond acceptors (Lipinski definition) is 10. The second-order valence-corrected chi connectivity index (χ2v) is 8.48. The summed E-state index contributed by atoms with van der Waals surface area (Å²) in [7, 11) is -10.5. The minimum absolute atomic E-state index is 0. The molecule has 0 amide bonds. The first-order valence-corrected chi connectivity index (χ1v) is 12.4. The van der Waals surface area contributed by atoms with Gasteiger partial charge < -0.3 is 47.8 Å². The van der Waals surface area contributed by atoms with Gasteiger partial charge in [-0.3, -0.25) is 4.57 Å². The molecular weight excluding hydrogens is 474 g/mol. The molecule has 11 nitrogen and oxygen atoms in total. The molecule has 0 rings (SSSR count). The largest absolute Gasteiger partial charge is 3.00 e. The van der Waals surface area contributed by atoms with E-state index < -0.39 is 33.2 Å². The Bertz CT molecular complexity index is 260. The van der Waals surface area contributed by atoms with Crippen molar-refractivity contribution < 1.29 is 52.4 Å². The molecule has 0 saturated heterocycles. The van der Waals surface area contributed by atoms with Crippen LogP contribution < -0.4 is 29.4 Å². The molecule has 158 valence electrons. The fraction of sp³-hybridized carbons (Fsp3) is 1.00. The van der Waals surface area contributed by atoms with E-state index >= 15 is 0 Å². The minimum Gasteiger partial charge on any atom is -0.820 e.